The zero-order valence-corrected chi connectivity index (χ0v) is 12.3. The molecule has 0 fully saturated rings. The normalized spacial score (nSPS) is 11.7. The molecule has 0 atom stereocenters. The van der Waals surface area contributed by atoms with Crippen LogP contribution >= 0.6 is 0 Å². The summed E-state index contributed by atoms with van der Waals surface area (Å²) in [6, 6.07) is 2.73. The molecular weight excluding hydrogens is 306 g/mol. The molecule has 0 aromatic carbocycles. The molecule has 0 unspecified atom stereocenters. The van der Waals surface area contributed by atoms with E-state index < -0.39 is 11.6 Å². The molecule has 3 heterocycles. The van der Waals surface area contributed by atoms with E-state index in [0.29, 0.717) is 16.7 Å². The van der Waals surface area contributed by atoms with Gasteiger partial charge in [0.1, 0.15) is 11.5 Å². The van der Waals surface area contributed by atoms with Gasteiger partial charge in [0.15, 0.2) is 0 Å². The Morgan fingerprint density at radius 3 is 2.78 bits per heavy atom. The maximum Gasteiger partial charge on any atom is 0.287 e. The summed E-state index contributed by atoms with van der Waals surface area (Å²) in [6.07, 6.45) is 4.28. The monoisotopic (exact) mass is 318 g/mol. The van der Waals surface area contributed by atoms with Gasteiger partial charge in [-0.1, -0.05) is 0 Å². The highest BCUT2D eigenvalue weighted by atomic mass is 19.3. The van der Waals surface area contributed by atoms with Crippen molar-refractivity contribution in [3.63, 3.8) is 0 Å². The summed E-state index contributed by atoms with van der Waals surface area (Å²) in [5.74, 6) is -3.02. The third-order valence-electron chi connectivity index (χ3n) is 3.04. The van der Waals surface area contributed by atoms with Crippen LogP contribution in [0.25, 0.3) is 16.9 Å². The van der Waals surface area contributed by atoms with Crippen LogP contribution in [-0.4, -0.2) is 30.6 Å². The van der Waals surface area contributed by atoms with Gasteiger partial charge in [0.25, 0.3) is 11.9 Å². The van der Waals surface area contributed by atoms with Crippen LogP contribution in [0.5, 0.6) is 0 Å². The van der Waals surface area contributed by atoms with Crippen molar-refractivity contribution in [3.05, 3.63) is 36.4 Å². The average Bonchev–Trinajstić information content (AvgIpc) is 2.89. The number of nitrogens with one attached hydrogen (secondary N) is 1. The molecule has 3 aromatic heterocycles. The minimum absolute atomic E-state index is 0.0130. The van der Waals surface area contributed by atoms with Crippen molar-refractivity contribution in [2.45, 2.75) is 19.8 Å². The topological polar surface area (TPSA) is 85.6 Å². The summed E-state index contributed by atoms with van der Waals surface area (Å²) >= 11 is 0. The number of anilines is 1. The quantitative estimate of drug-likeness (QED) is 0.800. The summed E-state index contributed by atoms with van der Waals surface area (Å²) < 4.78 is 28.2. The van der Waals surface area contributed by atoms with Crippen LogP contribution in [0.15, 0.2) is 30.7 Å². The molecule has 0 aliphatic heterocycles. The molecule has 0 aliphatic carbocycles. The van der Waals surface area contributed by atoms with Gasteiger partial charge in [-0.15, -0.1) is 0 Å². The maximum absolute atomic E-state index is 13.4. The molecule has 3 aromatic rings. The summed E-state index contributed by atoms with van der Waals surface area (Å²) in [5, 5.41) is 7.32. The first-order chi connectivity index (χ1) is 10.8. The van der Waals surface area contributed by atoms with Gasteiger partial charge in [-0.25, -0.2) is 15.0 Å². The predicted octanol–water partition coefficient (Wildman–Crippen LogP) is 2.28. The van der Waals surface area contributed by atoms with E-state index in [0.717, 1.165) is 13.0 Å². The third-order valence-corrected chi connectivity index (χ3v) is 3.04. The number of rotatable bonds is 3. The first kappa shape index (κ1) is 14.9. The van der Waals surface area contributed by atoms with Crippen molar-refractivity contribution in [1.29, 1.82) is 0 Å². The number of aromatic nitrogens is 5. The van der Waals surface area contributed by atoms with Gasteiger partial charge in [-0.3, -0.25) is 4.79 Å². The number of pyridine rings is 1. The van der Waals surface area contributed by atoms with Gasteiger partial charge in [-0.05, 0) is 6.07 Å². The first-order valence-corrected chi connectivity index (χ1v) is 6.68. The Balaban J connectivity index is 2.11. The summed E-state index contributed by atoms with van der Waals surface area (Å²) in [4.78, 5) is 23.0. The Labute approximate surface area is 129 Å². The number of carbonyl (C=O) groups excluding carboxylic acids is 1. The molecule has 0 saturated carbocycles. The van der Waals surface area contributed by atoms with Gasteiger partial charge in [0, 0.05) is 37.7 Å². The van der Waals surface area contributed by atoms with Crippen LogP contribution in [0.4, 0.5) is 14.6 Å². The van der Waals surface area contributed by atoms with E-state index in [2.05, 4.69) is 25.4 Å². The number of nitrogens with zero attached hydrogens (tertiary/aromatic N) is 5. The zero-order valence-electron chi connectivity index (χ0n) is 12.3. The highest BCUT2D eigenvalue weighted by molar-refractivity contribution is 5.90. The maximum atomic E-state index is 13.4. The lowest BCUT2D eigenvalue weighted by Crippen LogP contribution is -2.13. The number of hydrogen-bond acceptors (Lipinski definition) is 5. The summed E-state index contributed by atoms with van der Waals surface area (Å²) in [7, 11) is 0. The smallest absolute Gasteiger partial charge is 0.287 e. The molecule has 9 heteroatoms. The molecule has 0 radical (unpaired) electrons. The molecule has 1 N–H and O–H groups in total. The van der Waals surface area contributed by atoms with E-state index >= 15 is 0 Å². The van der Waals surface area contributed by atoms with Crippen LogP contribution in [0.2, 0.25) is 0 Å². The molecule has 0 bridgehead atoms. The van der Waals surface area contributed by atoms with Crippen molar-refractivity contribution in [2.75, 3.05) is 5.32 Å². The lowest BCUT2D eigenvalue weighted by molar-refractivity contribution is -0.114. The predicted molar refractivity (Wildman–Crippen MR) is 78.3 cm³/mol. The fourth-order valence-corrected chi connectivity index (χ4v) is 2.02. The third kappa shape index (κ3) is 2.98. The van der Waals surface area contributed by atoms with E-state index in [4.69, 9.17) is 0 Å². The Hall–Kier alpha value is -2.97. The second kappa shape index (κ2) is 5.34. The molecule has 0 spiro atoms. The van der Waals surface area contributed by atoms with E-state index in [1.165, 1.54) is 30.2 Å². The van der Waals surface area contributed by atoms with E-state index in [-0.39, 0.29) is 11.9 Å². The van der Waals surface area contributed by atoms with Crippen molar-refractivity contribution in [1.82, 2.24) is 24.7 Å². The number of hydrogen-bond donors (Lipinski definition) is 1. The van der Waals surface area contributed by atoms with Crippen LogP contribution in [0.3, 0.4) is 0 Å². The number of carbonyl (C=O) groups is 1. The van der Waals surface area contributed by atoms with E-state index in [1.54, 1.807) is 6.07 Å². The fourth-order valence-electron chi connectivity index (χ4n) is 2.02. The second-order valence-electron chi connectivity index (χ2n) is 5.00. The summed E-state index contributed by atoms with van der Waals surface area (Å²) in [6.45, 7) is 2.12. The van der Waals surface area contributed by atoms with Gasteiger partial charge in [0.05, 0.1) is 11.7 Å². The van der Waals surface area contributed by atoms with Crippen LogP contribution < -0.4 is 5.32 Å². The SMILES string of the molecule is CC(=O)Nc1cc2c(cn1)cnn2-c1nccc(C(C)(F)F)n1. The molecule has 3 rings (SSSR count). The van der Waals surface area contributed by atoms with Crippen LogP contribution in [0.1, 0.15) is 19.5 Å². The van der Waals surface area contributed by atoms with Crippen molar-refractivity contribution in [3.8, 4) is 5.95 Å². The van der Waals surface area contributed by atoms with Crippen molar-refractivity contribution >= 4 is 22.6 Å². The second-order valence-corrected chi connectivity index (χ2v) is 5.00. The Bertz CT molecular complexity index is 886. The van der Waals surface area contributed by atoms with Gasteiger partial charge in [-0.2, -0.15) is 18.6 Å². The van der Waals surface area contributed by atoms with Crippen LogP contribution in [-0.2, 0) is 10.7 Å². The van der Waals surface area contributed by atoms with Crippen molar-refractivity contribution < 1.29 is 13.6 Å². The van der Waals surface area contributed by atoms with E-state index in [1.807, 2.05) is 0 Å². The minimum atomic E-state index is -3.08. The Kier molecular flexibility index (Phi) is 3.47. The largest absolute Gasteiger partial charge is 0.311 e. The molecule has 7 nitrogen and oxygen atoms in total. The standard InChI is InChI=1S/C14H12F2N6O/c1-8(23)20-12-5-10-9(6-18-12)7-19-22(10)13-17-4-3-11(21-13)14(2,15)16/h3-7H,1-2H3,(H,18,20,23). The Morgan fingerprint density at radius 1 is 1.30 bits per heavy atom. The molecule has 0 saturated heterocycles. The highest BCUT2D eigenvalue weighted by Gasteiger charge is 2.27. The molecule has 1 amide bonds. The lowest BCUT2D eigenvalue weighted by Gasteiger charge is -2.10. The summed E-state index contributed by atoms with van der Waals surface area (Å²) in [5.41, 5.74) is 0.141. The van der Waals surface area contributed by atoms with Gasteiger partial charge >= 0.3 is 0 Å². The first-order valence-electron chi connectivity index (χ1n) is 6.68. The molecule has 23 heavy (non-hydrogen) atoms. The molecular formula is C14H12F2N6O. The van der Waals surface area contributed by atoms with Gasteiger partial charge < -0.3 is 5.32 Å². The highest BCUT2D eigenvalue weighted by Crippen LogP contribution is 2.25. The average molecular weight is 318 g/mol. The number of amides is 1. The minimum Gasteiger partial charge on any atom is -0.311 e. The molecule has 118 valence electrons. The van der Waals surface area contributed by atoms with Crippen LogP contribution in [0, 0.1) is 0 Å². The Morgan fingerprint density at radius 2 is 2.09 bits per heavy atom. The number of fused-ring (bicyclic) bond motifs is 1. The zero-order chi connectivity index (χ0) is 16.6. The van der Waals surface area contributed by atoms with E-state index in [9.17, 15) is 13.6 Å². The number of halogens is 2. The lowest BCUT2D eigenvalue weighted by atomic mass is 10.2. The fraction of sp³-hybridized carbons (Fsp3) is 0.214. The number of alkyl halides is 2. The van der Waals surface area contributed by atoms with Crippen molar-refractivity contribution in [2.24, 2.45) is 0 Å². The molecule has 0 aliphatic rings. The van der Waals surface area contributed by atoms with Gasteiger partial charge in [0.2, 0.25) is 5.91 Å².